The molecule has 3 N–H and O–H groups in total. The maximum absolute atomic E-state index is 12.3. The van der Waals surface area contributed by atoms with Crippen molar-refractivity contribution in [3.63, 3.8) is 0 Å². The lowest BCUT2D eigenvalue weighted by Crippen LogP contribution is -2.34. The van der Waals surface area contributed by atoms with E-state index in [4.69, 9.17) is 11.6 Å². The Bertz CT molecular complexity index is 1350. The van der Waals surface area contributed by atoms with Crippen LogP contribution >= 0.6 is 11.6 Å². The number of hydrogen-bond acceptors (Lipinski definition) is 6. The average molecular weight is 466 g/mol. The Hall–Kier alpha value is -4.05. The van der Waals surface area contributed by atoms with Gasteiger partial charge in [-0.2, -0.15) is 15.4 Å². The summed E-state index contributed by atoms with van der Waals surface area (Å²) in [5.41, 5.74) is 2.71. The van der Waals surface area contributed by atoms with Gasteiger partial charge in [0.25, 0.3) is 11.5 Å². The third-order valence-corrected chi connectivity index (χ3v) is 5.13. The zero-order valence-electron chi connectivity index (χ0n) is 17.4. The van der Waals surface area contributed by atoms with Crippen LogP contribution in [0, 0.1) is 0 Å². The molecular formula is C22H20ClN7O3. The molecule has 0 aliphatic heterocycles. The van der Waals surface area contributed by atoms with Gasteiger partial charge >= 0.3 is 0 Å². The standard InChI is InChI=1S/C22H20ClN7O3/c23-16-5-2-14(3-6-16)18-11-21(32)30(13-26-18)12-20(31)24-8-1-9-25-22(33)15-4-7-17-19(10-15)28-29-27-17/h2-7,10-11,13H,1,8-9,12H2,(H,24,31)(H,25,33)(H,27,28,29). The molecule has 0 aliphatic carbocycles. The fraction of sp³-hybridized carbons (Fsp3) is 0.182. The first-order valence-electron chi connectivity index (χ1n) is 10.2. The number of halogens is 1. The van der Waals surface area contributed by atoms with Gasteiger partial charge in [-0.25, -0.2) is 4.98 Å². The molecule has 0 atom stereocenters. The van der Waals surface area contributed by atoms with Crippen LogP contribution in [0.25, 0.3) is 22.3 Å². The Morgan fingerprint density at radius 2 is 1.73 bits per heavy atom. The highest BCUT2D eigenvalue weighted by Crippen LogP contribution is 2.18. The molecule has 168 valence electrons. The number of amides is 2. The van der Waals surface area contributed by atoms with Crippen LogP contribution in [-0.2, 0) is 11.3 Å². The van der Waals surface area contributed by atoms with Gasteiger partial charge in [-0.3, -0.25) is 19.0 Å². The summed E-state index contributed by atoms with van der Waals surface area (Å²) in [5.74, 6) is -0.550. The first-order valence-corrected chi connectivity index (χ1v) is 10.6. The second kappa shape index (κ2) is 10.0. The Labute approximate surface area is 193 Å². The molecule has 33 heavy (non-hydrogen) atoms. The van der Waals surface area contributed by atoms with Crippen LogP contribution in [0.4, 0.5) is 0 Å². The lowest BCUT2D eigenvalue weighted by molar-refractivity contribution is -0.121. The second-order valence-corrected chi connectivity index (χ2v) is 7.67. The van der Waals surface area contributed by atoms with Gasteiger partial charge < -0.3 is 10.6 Å². The van der Waals surface area contributed by atoms with E-state index in [-0.39, 0.29) is 23.9 Å². The van der Waals surface area contributed by atoms with Gasteiger partial charge in [-0.1, -0.05) is 23.7 Å². The van der Waals surface area contributed by atoms with E-state index in [0.717, 1.165) is 5.56 Å². The Morgan fingerprint density at radius 3 is 2.52 bits per heavy atom. The number of rotatable bonds is 8. The normalized spacial score (nSPS) is 10.8. The summed E-state index contributed by atoms with van der Waals surface area (Å²) in [7, 11) is 0. The highest BCUT2D eigenvalue weighted by Gasteiger charge is 2.09. The van der Waals surface area contributed by atoms with Crippen molar-refractivity contribution >= 4 is 34.4 Å². The number of hydrogen-bond donors (Lipinski definition) is 3. The van der Waals surface area contributed by atoms with Crippen LogP contribution in [0.5, 0.6) is 0 Å². The van der Waals surface area contributed by atoms with E-state index in [1.807, 2.05) is 0 Å². The lowest BCUT2D eigenvalue weighted by atomic mass is 10.1. The molecule has 10 nitrogen and oxygen atoms in total. The number of carbonyl (C=O) groups excluding carboxylic acids is 2. The van der Waals surface area contributed by atoms with Crippen LogP contribution in [0.1, 0.15) is 16.8 Å². The Morgan fingerprint density at radius 1 is 0.970 bits per heavy atom. The van der Waals surface area contributed by atoms with E-state index in [1.54, 1.807) is 42.5 Å². The first-order chi connectivity index (χ1) is 16.0. The molecular weight excluding hydrogens is 446 g/mol. The van der Waals surface area contributed by atoms with E-state index < -0.39 is 0 Å². The van der Waals surface area contributed by atoms with Crippen molar-refractivity contribution in [2.24, 2.45) is 0 Å². The number of fused-ring (bicyclic) bond motifs is 1. The maximum atomic E-state index is 12.3. The van der Waals surface area contributed by atoms with Crippen molar-refractivity contribution < 1.29 is 9.59 Å². The van der Waals surface area contributed by atoms with Crippen LogP contribution in [0.15, 0.2) is 59.7 Å². The number of aromatic amines is 1. The van der Waals surface area contributed by atoms with Crippen molar-refractivity contribution in [1.82, 2.24) is 35.6 Å². The molecule has 0 spiro atoms. The molecule has 2 heterocycles. The topological polar surface area (TPSA) is 135 Å². The van der Waals surface area contributed by atoms with E-state index in [9.17, 15) is 14.4 Å². The lowest BCUT2D eigenvalue weighted by Gasteiger charge is -2.09. The fourth-order valence-electron chi connectivity index (χ4n) is 3.14. The minimum atomic E-state index is -0.332. The summed E-state index contributed by atoms with van der Waals surface area (Å²) >= 11 is 5.88. The molecule has 4 rings (SSSR count). The molecule has 0 radical (unpaired) electrons. The Kier molecular flexibility index (Phi) is 6.75. The molecule has 0 saturated carbocycles. The summed E-state index contributed by atoms with van der Waals surface area (Å²) in [6.07, 6.45) is 1.88. The first kappa shape index (κ1) is 22.2. The van der Waals surface area contributed by atoms with Crippen molar-refractivity contribution in [2.75, 3.05) is 13.1 Å². The van der Waals surface area contributed by atoms with Gasteiger partial charge in [0, 0.05) is 35.3 Å². The number of H-pyrrole nitrogens is 1. The molecule has 0 fully saturated rings. The largest absolute Gasteiger partial charge is 0.354 e. The van der Waals surface area contributed by atoms with Crippen molar-refractivity contribution in [3.8, 4) is 11.3 Å². The van der Waals surface area contributed by atoms with Gasteiger partial charge in [0.05, 0.1) is 12.0 Å². The molecule has 0 unspecified atom stereocenters. The van der Waals surface area contributed by atoms with E-state index in [2.05, 4.69) is 31.0 Å². The molecule has 2 aromatic carbocycles. The molecule has 2 aromatic heterocycles. The monoisotopic (exact) mass is 465 g/mol. The van der Waals surface area contributed by atoms with Crippen LogP contribution < -0.4 is 16.2 Å². The molecule has 4 aromatic rings. The zero-order chi connectivity index (χ0) is 23.2. The third-order valence-electron chi connectivity index (χ3n) is 4.87. The van der Waals surface area contributed by atoms with Gasteiger partial charge in [0.2, 0.25) is 5.91 Å². The van der Waals surface area contributed by atoms with Crippen LogP contribution in [0.2, 0.25) is 5.02 Å². The quantitative estimate of drug-likeness (QED) is 0.339. The van der Waals surface area contributed by atoms with E-state index in [1.165, 1.54) is 17.0 Å². The summed E-state index contributed by atoms with van der Waals surface area (Å²) < 4.78 is 1.23. The second-order valence-electron chi connectivity index (χ2n) is 7.23. The van der Waals surface area contributed by atoms with Crippen LogP contribution in [-0.4, -0.2) is 49.9 Å². The predicted octanol–water partition coefficient (Wildman–Crippen LogP) is 1.77. The van der Waals surface area contributed by atoms with Crippen LogP contribution in [0.3, 0.4) is 0 Å². The van der Waals surface area contributed by atoms with Gasteiger partial charge in [0.1, 0.15) is 17.6 Å². The molecule has 0 bridgehead atoms. The number of nitrogens with zero attached hydrogens (tertiary/aromatic N) is 4. The van der Waals surface area contributed by atoms with Crippen molar-refractivity contribution in [3.05, 3.63) is 75.8 Å². The average Bonchev–Trinajstić information content (AvgIpc) is 3.28. The summed E-state index contributed by atoms with van der Waals surface area (Å²) in [4.78, 5) is 41.0. The smallest absolute Gasteiger partial charge is 0.254 e. The van der Waals surface area contributed by atoms with Gasteiger partial charge in [0.15, 0.2) is 0 Å². The van der Waals surface area contributed by atoms with Crippen molar-refractivity contribution in [1.29, 1.82) is 0 Å². The summed E-state index contributed by atoms with van der Waals surface area (Å²) in [6, 6.07) is 13.4. The predicted molar refractivity (Wildman–Crippen MR) is 123 cm³/mol. The molecule has 2 amide bonds. The highest BCUT2D eigenvalue weighted by molar-refractivity contribution is 6.30. The van der Waals surface area contributed by atoms with E-state index >= 15 is 0 Å². The molecule has 11 heteroatoms. The minimum absolute atomic E-state index is 0.142. The number of aromatic nitrogens is 5. The van der Waals surface area contributed by atoms with E-state index in [0.29, 0.717) is 46.8 Å². The Balaban J connectivity index is 1.21. The summed E-state index contributed by atoms with van der Waals surface area (Å²) in [5, 5.41) is 16.5. The SMILES string of the molecule is O=C(Cn1cnc(-c2ccc(Cl)cc2)cc1=O)NCCCNC(=O)c1ccc2n[nH]nc2c1. The summed E-state index contributed by atoms with van der Waals surface area (Å²) in [6.45, 7) is 0.594. The molecule has 0 aliphatic rings. The minimum Gasteiger partial charge on any atom is -0.354 e. The van der Waals surface area contributed by atoms with Crippen molar-refractivity contribution in [2.45, 2.75) is 13.0 Å². The van der Waals surface area contributed by atoms with Gasteiger partial charge in [-0.15, -0.1) is 0 Å². The third kappa shape index (κ3) is 5.60. The zero-order valence-corrected chi connectivity index (χ0v) is 18.2. The molecule has 0 saturated heterocycles. The van der Waals surface area contributed by atoms with Gasteiger partial charge in [-0.05, 0) is 36.8 Å². The number of nitrogens with one attached hydrogen (secondary N) is 3. The number of benzene rings is 2. The number of carbonyl (C=O) groups is 2. The maximum Gasteiger partial charge on any atom is 0.254 e. The fourth-order valence-corrected chi connectivity index (χ4v) is 3.26. The highest BCUT2D eigenvalue weighted by atomic mass is 35.5.